The highest BCUT2D eigenvalue weighted by atomic mass is 32.2. The number of alkyl halides is 3. The lowest BCUT2D eigenvalue weighted by Gasteiger charge is -2.34. The van der Waals surface area contributed by atoms with Crippen LogP contribution in [0.1, 0.15) is 11.1 Å². The third-order valence-corrected chi connectivity index (χ3v) is 4.62. The van der Waals surface area contributed by atoms with Gasteiger partial charge in [-0.2, -0.15) is 13.2 Å². The van der Waals surface area contributed by atoms with Crippen LogP contribution in [0.2, 0.25) is 0 Å². The number of hydrogen-bond acceptors (Lipinski definition) is 4. The Morgan fingerprint density at radius 2 is 1.77 bits per heavy atom. The summed E-state index contributed by atoms with van der Waals surface area (Å²) in [4.78, 5) is 4.79. The molecule has 0 amide bonds. The lowest BCUT2D eigenvalue weighted by Crippen LogP contribution is -2.46. The molecule has 0 spiro atoms. The fourth-order valence-electron chi connectivity index (χ4n) is 2.64. The Morgan fingerprint density at radius 1 is 1.14 bits per heavy atom. The summed E-state index contributed by atoms with van der Waals surface area (Å²) < 4.78 is 39.7. The first-order valence-corrected chi connectivity index (χ1v) is 8.46. The van der Waals surface area contributed by atoms with E-state index in [-0.39, 0.29) is 6.61 Å². The first-order chi connectivity index (χ1) is 10.4. The van der Waals surface area contributed by atoms with Gasteiger partial charge in [-0.05, 0) is 24.0 Å². The molecule has 1 aromatic carbocycles. The van der Waals surface area contributed by atoms with Gasteiger partial charge in [-0.3, -0.25) is 9.80 Å². The second kappa shape index (κ2) is 7.68. The first-order valence-electron chi connectivity index (χ1n) is 7.23. The maximum absolute atomic E-state index is 13.2. The van der Waals surface area contributed by atoms with Crippen LogP contribution in [0.3, 0.4) is 0 Å². The SMILES string of the molecule is CSc1ccc(CN2CCN(CCO)CC2)c(C(F)(F)F)c1. The number of hydrogen-bond donors (Lipinski definition) is 1. The number of piperazine rings is 1. The Labute approximate surface area is 133 Å². The minimum absolute atomic E-state index is 0.119. The number of benzene rings is 1. The maximum Gasteiger partial charge on any atom is 0.416 e. The lowest BCUT2D eigenvalue weighted by atomic mass is 10.1. The summed E-state index contributed by atoms with van der Waals surface area (Å²) in [6.07, 6.45) is -2.55. The standard InChI is InChI=1S/C15H21F3N2OS/c1-22-13-3-2-12(14(10-13)15(16,17)18)11-20-6-4-19(5-7-20)8-9-21/h2-3,10,21H,4-9,11H2,1H3. The van der Waals surface area contributed by atoms with E-state index in [1.165, 1.54) is 17.8 Å². The lowest BCUT2D eigenvalue weighted by molar-refractivity contribution is -0.138. The second-order valence-corrected chi connectivity index (χ2v) is 6.24. The van der Waals surface area contributed by atoms with Crippen molar-refractivity contribution in [3.05, 3.63) is 29.3 Å². The molecule has 1 saturated heterocycles. The van der Waals surface area contributed by atoms with Crippen molar-refractivity contribution in [2.24, 2.45) is 0 Å². The van der Waals surface area contributed by atoms with Crippen molar-refractivity contribution in [3.63, 3.8) is 0 Å². The van der Waals surface area contributed by atoms with Crippen LogP contribution in [0.5, 0.6) is 0 Å². The van der Waals surface area contributed by atoms with Gasteiger partial charge in [-0.25, -0.2) is 0 Å². The van der Waals surface area contributed by atoms with Gasteiger partial charge in [0.1, 0.15) is 0 Å². The summed E-state index contributed by atoms with van der Waals surface area (Å²) in [5.41, 5.74) is -0.196. The molecular formula is C15H21F3N2OS. The molecule has 0 unspecified atom stereocenters. The molecule has 2 rings (SSSR count). The van der Waals surface area contributed by atoms with Gasteiger partial charge in [-0.15, -0.1) is 11.8 Å². The van der Waals surface area contributed by atoms with E-state index in [0.29, 0.717) is 23.5 Å². The summed E-state index contributed by atoms with van der Waals surface area (Å²) in [5.74, 6) is 0. The average molecular weight is 334 g/mol. The molecule has 0 aromatic heterocycles. The molecule has 1 aromatic rings. The number of aliphatic hydroxyl groups is 1. The Balaban J connectivity index is 2.07. The van der Waals surface area contributed by atoms with E-state index < -0.39 is 11.7 Å². The fourth-order valence-corrected chi connectivity index (χ4v) is 3.08. The van der Waals surface area contributed by atoms with Crippen LogP contribution in [-0.2, 0) is 12.7 Å². The molecule has 3 nitrogen and oxygen atoms in total. The van der Waals surface area contributed by atoms with Crippen molar-refractivity contribution in [2.45, 2.75) is 17.6 Å². The van der Waals surface area contributed by atoms with Gasteiger partial charge in [0.25, 0.3) is 0 Å². The van der Waals surface area contributed by atoms with Gasteiger partial charge in [0.2, 0.25) is 0 Å². The van der Waals surface area contributed by atoms with Crippen molar-refractivity contribution in [1.29, 1.82) is 0 Å². The van der Waals surface area contributed by atoms with Gasteiger partial charge in [-0.1, -0.05) is 6.07 Å². The molecular weight excluding hydrogens is 313 g/mol. The van der Waals surface area contributed by atoms with Gasteiger partial charge in [0, 0.05) is 44.2 Å². The Morgan fingerprint density at radius 3 is 2.32 bits per heavy atom. The van der Waals surface area contributed by atoms with E-state index in [1.54, 1.807) is 18.4 Å². The van der Waals surface area contributed by atoms with Crippen LogP contribution in [0.4, 0.5) is 13.2 Å². The number of nitrogens with zero attached hydrogens (tertiary/aromatic N) is 2. The van der Waals surface area contributed by atoms with Gasteiger partial charge < -0.3 is 5.11 Å². The van der Waals surface area contributed by atoms with Crippen molar-refractivity contribution in [1.82, 2.24) is 9.80 Å². The van der Waals surface area contributed by atoms with Crippen LogP contribution in [-0.4, -0.2) is 60.5 Å². The normalized spacial score (nSPS) is 17.9. The molecule has 1 N–H and O–H groups in total. The Kier molecular flexibility index (Phi) is 6.14. The van der Waals surface area contributed by atoms with E-state index in [9.17, 15) is 13.2 Å². The topological polar surface area (TPSA) is 26.7 Å². The van der Waals surface area contributed by atoms with Crippen LogP contribution < -0.4 is 0 Å². The number of rotatable bonds is 5. The highest BCUT2D eigenvalue weighted by molar-refractivity contribution is 7.98. The third kappa shape index (κ3) is 4.62. The second-order valence-electron chi connectivity index (χ2n) is 5.36. The first kappa shape index (κ1) is 17.6. The van der Waals surface area contributed by atoms with Crippen molar-refractivity contribution in [3.8, 4) is 0 Å². The summed E-state index contributed by atoms with van der Waals surface area (Å²) in [6, 6.07) is 4.58. The van der Waals surface area contributed by atoms with Gasteiger partial charge >= 0.3 is 6.18 Å². The molecule has 1 aliphatic rings. The number of β-amino-alcohol motifs (C(OH)–C–C–N with tert-alkyl or cyclic N) is 1. The number of aliphatic hydroxyl groups excluding tert-OH is 1. The largest absolute Gasteiger partial charge is 0.416 e. The molecule has 1 fully saturated rings. The zero-order valence-corrected chi connectivity index (χ0v) is 13.4. The predicted octanol–water partition coefficient (Wildman–Crippen LogP) is 2.54. The molecule has 22 heavy (non-hydrogen) atoms. The Hall–Kier alpha value is -0.760. The zero-order valence-electron chi connectivity index (χ0n) is 12.6. The third-order valence-electron chi connectivity index (χ3n) is 3.90. The molecule has 0 bridgehead atoms. The summed E-state index contributed by atoms with van der Waals surface area (Å²) in [6.45, 7) is 4.08. The Bertz CT molecular complexity index is 488. The monoisotopic (exact) mass is 334 g/mol. The molecule has 0 radical (unpaired) electrons. The van der Waals surface area contributed by atoms with Crippen LogP contribution >= 0.6 is 11.8 Å². The summed E-state index contributed by atoms with van der Waals surface area (Å²) in [5, 5.41) is 8.91. The van der Waals surface area contributed by atoms with Crippen LogP contribution in [0.15, 0.2) is 23.1 Å². The quantitative estimate of drug-likeness (QED) is 0.837. The molecule has 0 atom stereocenters. The van der Waals surface area contributed by atoms with Crippen molar-refractivity contribution < 1.29 is 18.3 Å². The highest BCUT2D eigenvalue weighted by Crippen LogP contribution is 2.35. The molecule has 124 valence electrons. The number of halogens is 3. The minimum atomic E-state index is -4.32. The van der Waals surface area contributed by atoms with Gasteiger partial charge in [0.05, 0.1) is 12.2 Å². The number of thioether (sulfide) groups is 1. The molecule has 1 heterocycles. The average Bonchev–Trinajstić information content (AvgIpc) is 2.49. The van der Waals surface area contributed by atoms with E-state index >= 15 is 0 Å². The van der Waals surface area contributed by atoms with E-state index in [0.717, 1.165) is 26.2 Å². The van der Waals surface area contributed by atoms with Crippen molar-refractivity contribution >= 4 is 11.8 Å². The molecule has 0 saturated carbocycles. The zero-order chi connectivity index (χ0) is 16.2. The predicted molar refractivity (Wildman–Crippen MR) is 82.0 cm³/mol. The minimum Gasteiger partial charge on any atom is -0.395 e. The van der Waals surface area contributed by atoms with Crippen LogP contribution in [0.25, 0.3) is 0 Å². The molecule has 0 aliphatic carbocycles. The van der Waals surface area contributed by atoms with Gasteiger partial charge in [0.15, 0.2) is 0 Å². The summed E-state index contributed by atoms with van der Waals surface area (Å²) >= 11 is 1.32. The van der Waals surface area contributed by atoms with E-state index in [2.05, 4.69) is 4.90 Å². The maximum atomic E-state index is 13.2. The highest BCUT2D eigenvalue weighted by Gasteiger charge is 2.34. The smallest absolute Gasteiger partial charge is 0.395 e. The summed E-state index contributed by atoms with van der Waals surface area (Å²) in [7, 11) is 0. The fraction of sp³-hybridized carbons (Fsp3) is 0.600. The van der Waals surface area contributed by atoms with Crippen molar-refractivity contribution in [2.75, 3.05) is 45.6 Å². The molecule has 1 aliphatic heterocycles. The van der Waals surface area contributed by atoms with E-state index in [4.69, 9.17) is 5.11 Å². The van der Waals surface area contributed by atoms with E-state index in [1.807, 2.05) is 4.90 Å². The van der Waals surface area contributed by atoms with Crippen LogP contribution in [0, 0.1) is 0 Å². The molecule has 7 heteroatoms.